The number of hydrogen-bond acceptors (Lipinski definition) is 4. The van der Waals surface area contributed by atoms with E-state index in [1.165, 1.54) is 25.7 Å². The minimum Gasteiger partial charge on any atom is -0.370 e. The van der Waals surface area contributed by atoms with Crippen LogP contribution in [-0.2, 0) is 11.8 Å². The third-order valence-corrected chi connectivity index (χ3v) is 5.73. The molecule has 7 heteroatoms. The lowest BCUT2D eigenvalue weighted by atomic mass is 9.96. The van der Waals surface area contributed by atoms with Crippen molar-refractivity contribution < 1.29 is 4.74 Å². The van der Waals surface area contributed by atoms with Gasteiger partial charge in [-0.2, -0.15) is 5.10 Å². The Balaban J connectivity index is 1.62. The molecule has 1 saturated heterocycles. The van der Waals surface area contributed by atoms with Crippen LogP contribution in [0.3, 0.4) is 0 Å². The number of aromatic nitrogens is 2. The molecular formula is C18H32N6O. The van der Waals surface area contributed by atoms with Gasteiger partial charge in [0.15, 0.2) is 5.96 Å². The minimum absolute atomic E-state index is 0.0512. The molecular weight excluding hydrogens is 316 g/mol. The van der Waals surface area contributed by atoms with Crippen molar-refractivity contribution in [1.82, 2.24) is 24.9 Å². The van der Waals surface area contributed by atoms with Gasteiger partial charge in [-0.25, -0.2) is 0 Å². The molecule has 3 rings (SSSR count). The van der Waals surface area contributed by atoms with E-state index >= 15 is 0 Å². The van der Waals surface area contributed by atoms with E-state index in [-0.39, 0.29) is 11.6 Å². The Bertz CT molecular complexity index is 590. The van der Waals surface area contributed by atoms with Crippen molar-refractivity contribution in [3.63, 3.8) is 0 Å². The Morgan fingerprint density at radius 1 is 1.44 bits per heavy atom. The zero-order chi connectivity index (χ0) is 17.9. The molecule has 0 amide bonds. The molecule has 25 heavy (non-hydrogen) atoms. The summed E-state index contributed by atoms with van der Waals surface area (Å²) in [6.07, 6.45) is 9.12. The van der Waals surface area contributed by atoms with Crippen LogP contribution in [0.25, 0.3) is 0 Å². The number of aryl methyl sites for hydroxylation is 1. The number of rotatable bonds is 4. The van der Waals surface area contributed by atoms with E-state index < -0.39 is 0 Å². The number of likely N-dealkylation sites (N-methyl/N-ethyl adjacent to an activating group) is 1. The van der Waals surface area contributed by atoms with E-state index in [0.717, 1.165) is 31.2 Å². The molecule has 7 nitrogen and oxygen atoms in total. The fraction of sp³-hybridized carbons (Fsp3) is 0.778. The first-order chi connectivity index (χ1) is 12.0. The molecule has 2 heterocycles. The molecule has 1 N–H and O–H groups in total. The van der Waals surface area contributed by atoms with Gasteiger partial charge in [0, 0.05) is 44.5 Å². The predicted molar refractivity (Wildman–Crippen MR) is 99.7 cm³/mol. The Labute approximate surface area is 151 Å². The number of hydrogen-bond donors (Lipinski definition) is 1. The maximum Gasteiger partial charge on any atom is 0.193 e. The molecule has 1 atom stereocenters. The van der Waals surface area contributed by atoms with E-state index in [9.17, 15) is 0 Å². The summed E-state index contributed by atoms with van der Waals surface area (Å²) < 4.78 is 7.78. The smallest absolute Gasteiger partial charge is 0.193 e. The van der Waals surface area contributed by atoms with Crippen molar-refractivity contribution in [3.8, 4) is 0 Å². The highest BCUT2D eigenvalue weighted by Crippen LogP contribution is 2.33. The van der Waals surface area contributed by atoms with Crippen molar-refractivity contribution in [2.75, 3.05) is 47.4 Å². The van der Waals surface area contributed by atoms with Gasteiger partial charge in [-0.1, -0.05) is 12.8 Å². The third-order valence-electron chi connectivity index (χ3n) is 5.73. The molecule has 0 spiro atoms. The van der Waals surface area contributed by atoms with Crippen LogP contribution in [-0.4, -0.2) is 78.5 Å². The van der Waals surface area contributed by atoms with Crippen molar-refractivity contribution in [2.24, 2.45) is 12.0 Å². The Morgan fingerprint density at radius 2 is 2.20 bits per heavy atom. The molecule has 1 aliphatic carbocycles. The Kier molecular flexibility index (Phi) is 5.64. The molecule has 1 aromatic heterocycles. The van der Waals surface area contributed by atoms with Gasteiger partial charge in [0.05, 0.1) is 19.3 Å². The SMILES string of the molecule is CN=C(NCC1(N(C)C)CCCC1)N1CCOC(c2cnn(C)c2)C1. The largest absolute Gasteiger partial charge is 0.370 e. The molecule has 2 fully saturated rings. The average molecular weight is 348 g/mol. The van der Waals surface area contributed by atoms with E-state index in [0.29, 0.717) is 6.61 Å². The van der Waals surface area contributed by atoms with E-state index in [4.69, 9.17) is 4.74 Å². The quantitative estimate of drug-likeness (QED) is 0.655. The molecule has 0 bridgehead atoms. The van der Waals surface area contributed by atoms with Gasteiger partial charge in [0.25, 0.3) is 0 Å². The highest BCUT2D eigenvalue weighted by molar-refractivity contribution is 5.80. The van der Waals surface area contributed by atoms with Crippen LogP contribution in [0, 0.1) is 0 Å². The van der Waals surface area contributed by atoms with Crippen LogP contribution in [0.15, 0.2) is 17.4 Å². The lowest BCUT2D eigenvalue weighted by Crippen LogP contribution is -2.55. The highest BCUT2D eigenvalue weighted by atomic mass is 16.5. The average Bonchev–Trinajstić information content (AvgIpc) is 3.26. The Hall–Kier alpha value is -1.60. The summed E-state index contributed by atoms with van der Waals surface area (Å²) in [5.74, 6) is 0.977. The fourth-order valence-corrected chi connectivity index (χ4v) is 4.04. The molecule has 1 unspecified atom stereocenters. The van der Waals surface area contributed by atoms with Crippen LogP contribution in [0.1, 0.15) is 37.4 Å². The first kappa shape index (κ1) is 18.2. The number of guanidine groups is 1. The normalized spacial score (nSPS) is 24.1. The molecule has 0 aromatic carbocycles. The van der Waals surface area contributed by atoms with Gasteiger partial charge in [-0.3, -0.25) is 9.67 Å². The number of nitrogens with zero attached hydrogens (tertiary/aromatic N) is 5. The van der Waals surface area contributed by atoms with E-state index in [2.05, 4.69) is 39.3 Å². The molecule has 1 aromatic rings. The zero-order valence-electron chi connectivity index (χ0n) is 16.0. The van der Waals surface area contributed by atoms with Gasteiger partial charge in [0.1, 0.15) is 6.10 Å². The van der Waals surface area contributed by atoms with Gasteiger partial charge in [0.2, 0.25) is 0 Å². The summed E-state index contributed by atoms with van der Waals surface area (Å²) in [6, 6.07) is 0. The van der Waals surface area contributed by atoms with Gasteiger partial charge in [-0.15, -0.1) is 0 Å². The lowest BCUT2D eigenvalue weighted by Gasteiger charge is -2.39. The van der Waals surface area contributed by atoms with Gasteiger partial charge in [-0.05, 0) is 26.9 Å². The maximum absolute atomic E-state index is 5.95. The molecule has 140 valence electrons. The fourth-order valence-electron chi connectivity index (χ4n) is 4.04. The topological polar surface area (TPSA) is 57.9 Å². The summed E-state index contributed by atoms with van der Waals surface area (Å²) in [7, 11) is 8.20. The minimum atomic E-state index is 0.0512. The standard InChI is InChI=1S/C18H32N6O/c1-19-17(20-14-18(22(2)3)7-5-6-8-18)24-9-10-25-16(13-24)15-11-21-23(4)12-15/h11-12,16H,5-10,13-14H2,1-4H3,(H,19,20). The van der Waals surface area contributed by atoms with E-state index in [1.807, 2.05) is 31.2 Å². The van der Waals surface area contributed by atoms with Gasteiger partial charge < -0.3 is 19.9 Å². The summed E-state index contributed by atoms with van der Waals surface area (Å²) in [4.78, 5) is 9.22. The molecule has 1 aliphatic heterocycles. The second kappa shape index (κ2) is 7.74. The van der Waals surface area contributed by atoms with Crippen LogP contribution in [0.2, 0.25) is 0 Å². The number of aliphatic imine (C=N–C) groups is 1. The first-order valence-electron chi connectivity index (χ1n) is 9.27. The van der Waals surface area contributed by atoms with Crippen molar-refractivity contribution in [3.05, 3.63) is 18.0 Å². The van der Waals surface area contributed by atoms with Crippen molar-refractivity contribution in [1.29, 1.82) is 0 Å². The number of ether oxygens (including phenoxy) is 1. The summed E-state index contributed by atoms with van der Waals surface area (Å²) in [6.45, 7) is 3.33. The van der Waals surface area contributed by atoms with E-state index in [1.54, 1.807) is 0 Å². The molecule has 1 saturated carbocycles. The van der Waals surface area contributed by atoms with Crippen LogP contribution in [0.4, 0.5) is 0 Å². The van der Waals surface area contributed by atoms with Crippen LogP contribution < -0.4 is 5.32 Å². The van der Waals surface area contributed by atoms with Crippen LogP contribution in [0.5, 0.6) is 0 Å². The second-order valence-corrected chi connectivity index (χ2v) is 7.48. The van der Waals surface area contributed by atoms with Crippen LogP contribution >= 0.6 is 0 Å². The first-order valence-corrected chi connectivity index (χ1v) is 9.27. The monoisotopic (exact) mass is 348 g/mol. The summed E-state index contributed by atoms with van der Waals surface area (Å²) >= 11 is 0. The van der Waals surface area contributed by atoms with Crippen molar-refractivity contribution >= 4 is 5.96 Å². The van der Waals surface area contributed by atoms with Gasteiger partial charge >= 0.3 is 0 Å². The predicted octanol–water partition coefficient (Wildman–Crippen LogP) is 1.24. The molecule has 2 aliphatic rings. The second-order valence-electron chi connectivity index (χ2n) is 7.48. The summed E-state index contributed by atoms with van der Waals surface area (Å²) in [5.41, 5.74) is 1.38. The third kappa shape index (κ3) is 3.98. The molecule has 0 radical (unpaired) electrons. The van der Waals surface area contributed by atoms with Crippen molar-refractivity contribution in [2.45, 2.75) is 37.3 Å². The Morgan fingerprint density at radius 3 is 2.80 bits per heavy atom. The number of morpholine rings is 1. The zero-order valence-corrected chi connectivity index (χ0v) is 16.0. The lowest BCUT2D eigenvalue weighted by molar-refractivity contribution is -0.00829. The number of nitrogens with one attached hydrogen (secondary N) is 1. The highest BCUT2D eigenvalue weighted by Gasteiger charge is 2.36. The maximum atomic E-state index is 5.95. The summed E-state index contributed by atoms with van der Waals surface area (Å²) in [5, 5.41) is 7.90.